The van der Waals surface area contributed by atoms with E-state index < -0.39 is 0 Å². The largest absolute Gasteiger partial charge is 0.396 e. The summed E-state index contributed by atoms with van der Waals surface area (Å²) in [6.45, 7) is 1.51. The molecule has 98 valence electrons. The molecule has 0 spiro atoms. The van der Waals surface area contributed by atoms with Crippen molar-refractivity contribution in [3.05, 3.63) is 35.6 Å². The number of halogens is 1. The number of hydrogen-bond donors (Lipinski definition) is 2. The van der Waals surface area contributed by atoms with Crippen molar-refractivity contribution in [2.75, 3.05) is 19.7 Å². The summed E-state index contributed by atoms with van der Waals surface area (Å²) in [4.78, 5) is 13.5. The molecular formula is C13H17FN2O2. The third-order valence-electron chi connectivity index (χ3n) is 3.22. The third-order valence-corrected chi connectivity index (χ3v) is 3.22. The van der Waals surface area contributed by atoms with Gasteiger partial charge in [0, 0.05) is 37.7 Å². The zero-order valence-electron chi connectivity index (χ0n) is 10.1. The third kappa shape index (κ3) is 2.98. The molecule has 1 saturated heterocycles. The molecule has 2 rings (SSSR count). The first kappa shape index (κ1) is 12.8. The van der Waals surface area contributed by atoms with Gasteiger partial charge in [0.1, 0.15) is 5.82 Å². The molecule has 1 aromatic carbocycles. The molecule has 2 N–H and O–H groups in total. The second kappa shape index (κ2) is 5.82. The first-order chi connectivity index (χ1) is 8.70. The Balaban J connectivity index is 1.84. The Morgan fingerprint density at radius 2 is 2.28 bits per heavy atom. The van der Waals surface area contributed by atoms with Gasteiger partial charge in [0.25, 0.3) is 0 Å². The summed E-state index contributed by atoms with van der Waals surface area (Å²) in [7, 11) is 0. The smallest absolute Gasteiger partial charge is 0.317 e. The van der Waals surface area contributed by atoms with E-state index in [1.807, 2.05) is 0 Å². The van der Waals surface area contributed by atoms with E-state index in [1.54, 1.807) is 23.1 Å². The Labute approximate surface area is 105 Å². The van der Waals surface area contributed by atoms with Crippen molar-refractivity contribution < 1.29 is 14.3 Å². The number of rotatable bonds is 3. The quantitative estimate of drug-likeness (QED) is 0.853. The predicted molar refractivity (Wildman–Crippen MR) is 65.4 cm³/mol. The molecule has 5 heteroatoms. The number of carbonyl (C=O) groups excluding carboxylic acids is 1. The number of likely N-dealkylation sites (tertiary alicyclic amines) is 1. The maximum absolute atomic E-state index is 13.3. The molecule has 1 heterocycles. The zero-order valence-corrected chi connectivity index (χ0v) is 10.1. The Morgan fingerprint density at radius 3 is 2.94 bits per heavy atom. The fraction of sp³-hybridized carbons (Fsp3) is 0.462. The summed E-state index contributed by atoms with van der Waals surface area (Å²) in [5.74, 6) is -0.142. The van der Waals surface area contributed by atoms with Crippen molar-refractivity contribution in [1.29, 1.82) is 0 Å². The van der Waals surface area contributed by atoms with Crippen LogP contribution >= 0.6 is 0 Å². The minimum absolute atomic E-state index is 0.108. The van der Waals surface area contributed by atoms with Crippen molar-refractivity contribution in [1.82, 2.24) is 10.2 Å². The van der Waals surface area contributed by atoms with Gasteiger partial charge in [-0.05, 0) is 12.5 Å². The van der Waals surface area contributed by atoms with E-state index in [-0.39, 0.29) is 30.9 Å². The number of amides is 2. The van der Waals surface area contributed by atoms with Crippen LogP contribution in [0.4, 0.5) is 9.18 Å². The van der Waals surface area contributed by atoms with Gasteiger partial charge in [-0.15, -0.1) is 0 Å². The molecule has 0 radical (unpaired) electrons. The maximum Gasteiger partial charge on any atom is 0.317 e. The van der Waals surface area contributed by atoms with Crippen molar-refractivity contribution in [2.45, 2.75) is 13.0 Å². The summed E-state index contributed by atoms with van der Waals surface area (Å²) in [5, 5.41) is 11.7. The second-order valence-electron chi connectivity index (χ2n) is 4.53. The number of carbonyl (C=O) groups is 1. The average Bonchev–Trinajstić information content (AvgIpc) is 2.86. The van der Waals surface area contributed by atoms with Crippen molar-refractivity contribution in [3.63, 3.8) is 0 Å². The molecule has 2 amide bonds. The van der Waals surface area contributed by atoms with Gasteiger partial charge in [-0.3, -0.25) is 0 Å². The summed E-state index contributed by atoms with van der Waals surface area (Å²) in [6.07, 6.45) is 0.823. The van der Waals surface area contributed by atoms with E-state index in [0.717, 1.165) is 6.42 Å². The molecule has 0 saturated carbocycles. The van der Waals surface area contributed by atoms with Crippen LogP contribution in [0.3, 0.4) is 0 Å². The Kier molecular flexibility index (Phi) is 4.15. The van der Waals surface area contributed by atoms with Crippen LogP contribution in [0.5, 0.6) is 0 Å². The summed E-state index contributed by atoms with van der Waals surface area (Å²) in [5.41, 5.74) is 0.476. The maximum atomic E-state index is 13.3. The molecular weight excluding hydrogens is 235 g/mol. The average molecular weight is 252 g/mol. The van der Waals surface area contributed by atoms with E-state index in [2.05, 4.69) is 5.32 Å². The molecule has 1 aromatic rings. The Morgan fingerprint density at radius 1 is 1.50 bits per heavy atom. The molecule has 1 aliphatic heterocycles. The van der Waals surface area contributed by atoms with Gasteiger partial charge in [0.15, 0.2) is 0 Å². The number of hydrogen-bond acceptors (Lipinski definition) is 2. The van der Waals surface area contributed by atoms with Crippen LogP contribution in [0.2, 0.25) is 0 Å². The minimum atomic E-state index is -0.313. The van der Waals surface area contributed by atoms with Crippen LogP contribution in [0, 0.1) is 11.7 Å². The van der Waals surface area contributed by atoms with Gasteiger partial charge in [-0.25, -0.2) is 9.18 Å². The highest BCUT2D eigenvalue weighted by atomic mass is 19.1. The van der Waals surface area contributed by atoms with E-state index in [0.29, 0.717) is 18.7 Å². The number of nitrogens with one attached hydrogen (secondary N) is 1. The monoisotopic (exact) mass is 252 g/mol. The van der Waals surface area contributed by atoms with Gasteiger partial charge in [-0.2, -0.15) is 0 Å². The molecule has 0 aliphatic carbocycles. The SMILES string of the molecule is O=C(NCc1ccccc1F)N1CCC(CO)C1. The molecule has 1 aliphatic rings. The van der Waals surface area contributed by atoms with Crippen LogP contribution in [0.25, 0.3) is 0 Å². The first-order valence-electron chi connectivity index (χ1n) is 6.07. The van der Waals surface area contributed by atoms with E-state index in [9.17, 15) is 9.18 Å². The molecule has 0 bridgehead atoms. The highest BCUT2D eigenvalue weighted by Crippen LogP contribution is 2.15. The van der Waals surface area contributed by atoms with Gasteiger partial charge < -0.3 is 15.3 Å². The number of aliphatic hydroxyl groups is 1. The number of urea groups is 1. The van der Waals surface area contributed by atoms with E-state index in [1.165, 1.54) is 6.07 Å². The minimum Gasteiger partial charge on any atom is -0.396 e. The lowest BCUT2D eigenvalue weighted by Crippen LogP contribution is -2.38. The molecule has 1 unspecified atom stereocenters. The van der Waals surface area contributed by atoms with Crippen molar-refractivity contribution in [3.8, 4) is 0 Å². The fourth-order valence-electron chi connectivity index (χ4n) is 2.09. The van der Waals surface area contributed by atoms with Crippen LogP contribution in [-0.4, -0.2) is 35.7 Å². The number of aliphatic hydroxyl groups excluding tert-OH is 1. The molecule has 0 aromatic heterocycles. The van der Waals surface area contributed by atoms with Crippen molar-refractivity contribution >= 4 is 6.03 Å². The lowest BCUT2D eigenvalue weighted by atomic mass is 10.1. The second-order valence-corrected chi connectivity index (χ2v) is 4.53. The number of benzene rings is 1. The number of nitrogens with zero attached hydrogens (tertiary/aromatic N) is 1. The lowest BCUT2D eigenvalue weighted by Gasteiger charge is -2.17. The van der Waals surface area contributed by atoms with Crippen LogP contribution < -0.4 is 5.32 Å². The van der Waals surface area contributed by atoms with E-state index in [4.69, 9.17) is 5.11 Å². The highest BCUT2D eigenvalue weighted by Gasteiger charge is 2.25. The molecule has 1 fully saturated rings. The topological polar surface area (TPSA) is 52.6 Å². The normalized spacial score (nSPS) is 19.0. The molecule has 18 heavy (non-hydrogen) atoms. The highest BCUT2D eigenvalue weighted by molar-refractivity contribution is 5.74. The van der Waals surface area contributed by atoms with Gasteiger partial charge in [-0.1, -0.05) is 18.2 Å². The van der Waals surface area contributed by atoms with Crippen LogP contribution in [-0.2, 0) is 6.54 Å². The van der Waals surface area contributed by atoms with Crippen LogP contribution in [0.15, 0.2) is 24.3 Å². The Bertz CT molecular complexity index is 425. The van der Waals surface area contributed by atoms with Crippen LogP contribution in [0.1, 0.15) is 12.0 Å². The summed E-state index contributed by atoms with van der Waals surface area (Å²) in [6, 6.07) is 6.18. The fourth-order valence-corrected chi connectivity index (χ4v) is 2.09. The predicted octanol–water partition coefficient (Wildman–Crippen LogP) is 1.35. The van der Waals surface area contributed by atoms with Gasteiger partial charge >= 0.3 is 6.03 Å². The standard InChI is InChI=1S/C13H17FN2O2/c14-12-4-2-1-3-11(12)7-15-13(18)16-6-5-10(8-16)9-17/h1-4,10,17H,5-9H2,(H,15,18). The van der Waals surface area contributed by atoms with Gasteiger partial charge in [0.2, 0.25) is 0 Å². The Hall–Kier alpha value is -1.62. The van der Waals surface area contributed by atoms with Crippen molar-refractivity contribution in [2.24, 2.45) is 5.92 Å². The zero-order chi connectivity index (χ0) is 13.0. The summed E-state index contributed by atoms with van der Waals surface area (Å²) < 4.78 is 13.3. The lowest BCUT2D eigenvalue weighted by molar-refractivity contribution is 0.198. The molecule has 4 nitrogen and oxygen atoms in total. The summed E-state index contributed by atoms with van der Waals surface area (Å²) >= 11 is 0. The van der Waals surface area contributed by atoms with Gasteiger partial charge in [0.05, 0.1) is 0 Å². The molecule has 1 atom stereocenters. The first-order valence-corrected chi connectivity index (χ1v) is 6.07. The van der Waals surface area contributed by atoms with E-state index >= 15 is 0 Å².